The van der Waals surface area contributed by atoms with Crippen molar-refractivity contribution in [2.45, 2.75) is 236 Å². The van der Waals surface area contributed by atoms with Crippen LogP contribution in [0.15, 0.2) is 0 Å². The lowest BCUT2D eigenvalue weighted by atomic mass is 9.94. The van der Waals surface area contributed by atoms with Gasteiger partial charge in [-0.15, -0.1) is 0 Å². The minimum absolute atomic E-state index is 0.854. The number of ether oxygens (including phenoxy) is 13. The van der Waals surface area contributed by atoms with Crippen LogP contribution in [-0.2, 0) is 71.2 Å². The van der Waals surface area contributed by atoms with Gasteiger partial charge in [-0.25, -0.2) is 0 Å². The van der Waals surface area contributed by atoms with Gasteiger partial charge in [-0.05, 0) is 6.92 Å². The molecule has 2 amide bonds. The fourth-order valence-corrected chi connectivity index (χ4v) is 10.5. The van der Waals surface area contributed by atoms with E-state index in [4.69, 9.17) is 61.6 Å². The highest BCUT2D eigenvalue weighted by Gasteiger charge is 2.58. The Bertz CT molecular complexity index is 2040. The van der Waals surface area contributed by atoms with Gasteiger partial charge in [0.2, 0.25) is 11.8 Å². The standard InChI is InChI=1S/C46H78N2O35/c1-10-21(55)27(61)33(67)44(73-10)82-38-20(48-12(3)54)41(77-16(7-52)37(38)81-45-34(68)29(63)23(57)14(5-50)76-45)71-9-18-25(59)39(35(69)46(79-18)80-36-15(6-51)74-40(70)31(65)30(36)64)83-42-19(47-11(2)53)26(60)24(58)17(78-42)8-72-43-32(66)28(62)22(56)13(4-49)75-43/h10,13-46,49-52,55-70H,4-9H2,1-3H3,(H,47,53)(H,48,54)/t10-,13+,14+,15+,16+,17+,18+,19+,20+,21+,22-,23-,24+,25-,26+,27+,28-,29-,30+,31+,32+,33-,34+,35+,36+,37+,38+,39-,40?,41+,42-,43+,44-,45-,46-/m0/s1. The molecule has 83 heavy (non-hydrogen) atoms. The minimum Gasteiger partial charge on any atom is -0.394 e. The molecule has 7 fully saturated rings. The summed E-state index contributed by atoms with van der Waals surface area (Å²) in [4.78, 5) is 25.6. The lowest BCUT2D eigenvalue weighted by Gasteiger charge is -2.51. The van der Waals surface area contributed by atoms with Crippen LogP contribution in [0.3, 0.4) is 0 Å². The average molecular weight is 1220 g/mol. The van der Waals surface area contributed by atoms with E-state index in [0.717, 1.165) is 13.8 Å². The minimum atomic E-state index is -2.32. The third kappa shape index (κ3) is 14.9. The van der Waals surface area contributed by atoms with Gasteiger partial charge in [0.15, 0.2) is 44.0 Å². The van der Waals surface area contributed by atoms with Crippen molar-refractivity contribution in [2.24, 2.45) is 0 Å². The van der Waals surface area contributed by atoms with Crippen LogP contribution in [0.25, 0.3) is 0 Å². The number of nitrogens with one attached hydrogen (secondary N) is 2. The largest absolute Gasteiger partial charge is 0.394 e. The third-order valence-corrected chi connectivity index (χ3v) is 15.3. The summed E-state index contributed by atoms with van der Waals surface area (Å²) in [5, 5.41) is 220. The highest BCUT2D eigenvalue weighted by Crippen LogP contribution is 2.37. The van der Waals surface area contributed by atoms with Gasteiger partial charge in [0.05, 0.1) is 45.7 Å². The van der Waals surface area contributed by atoms with Crippen LogP contribution < -0.4 is 10.6 Å². The Hall–Kier alpha value is -2.38. The van der Waals surface area contributed by atoms with Crippen LogP contribution in [-0.4, -0.2) is 368 Å². The monoisotopic (exact) mass is 1220 g/mol. The van der Waals surface area contributed by atoms with Crippen molar-refractivity contribution in [2.75, 3.05) is 39.6 Å². The van der Waals surface area contributed by atoms with Crippen LogP contribution >= 0.6 is 0 Å². The predicted molar refractivity (Wildman–Crippen MR) is 254 cm³/mol. The first-order valence-corrected chi connectivity index (χ1v) is 26.5. The van der Waals surface area contributed by atoms with Gasteiger partial charge in [0.25, 0.3) is 0 Å². The van der Waals surface area contributed by atoms with Crippen molar-refractivity contribution in [3.8, 4) is 0 Å². The summed E-state index contributed by atoms with van der Waals surface area (Å²) in [6, 6.07) is -3.59. The Labute approximate surface area is 470 Å². The van der Waals surface area contributed by atoms with Gasteiger partial charge in [0, 0.05) is 13.8 Å². The van der Waals surface area contributed by atoms with E-state index < -0.39 is 266 Å². The summed E-state index contributed by atoms with van der Waals surface area (Å²) in [5.41, 5.74) is 0. The van der Waals surface area contributed by atoms with Crippen molar-refractivity contribution in [1.29, 1.82) is 0 Å². The van der Waals surface area contributed by atoms with Crippen LogP contribution in [0.4, 0.5) is 0 Å². The first-order chi connectivity index (χ1) is 39.2. The summed E-state index contributed by atoms with van der Waals surface area (Å²) in [7, 11) is 0. The van der Waals surface area contributed by atoms with Crippen molar-refractivity contribution >= 4 is 11.8 Å². The number of amides is 2. The normalized spacial score (nSPS) is 50.8. The first kappa shape index (κ1) is 68.1. The molecule has 482 valence electrons. The zero-order chi connectivity index (χ0) is 61.2. The summed E-state index contributed by atoms with van der Waals surface area (Å²) in [6.07, 6.45) is -63.5. The highest BCUT2D eigenvalue weighted by atomic mass is 16.8. The Kier molecular flexibility index (Phi) is 24.0. The van der Waals surface area contributed by atoms with E-state index in [-0.39, 0.29) is 0 Å². The van der Waals surface area contributed by atoms with Crippen molar-refractivity contribution in [3.05, 3.63) is 0 Å². The summed E-state index contributed by atoms with van der Waals surface area (Å²) in [6.45, 7) is -2.47. The Morgan fingerprint density at radius 3 is 1.30 bits per heavy atom. The van der Waals surface area contributed by atoms with Gasteiger partial charge in [0.1, 0.15) is 165 Å². The Morgan fingerprint density at radius 2 is 0.735 bits per heavy atom. The number of hydrogen-bond acceptors (Lipinski definition) is 35. The molecule has 0 aliphatic carbocycles. The summed E-state index contributed by atoms with van der Waals surface area (Å²) in [5.74, 6) is -1.75. The second-order valence-corrected chi connectivity index (χ2v) is 21.1. The molecule has 0 aromatic heterocycles. The maximum absolute atomic E-state index is 13.1. The number of hydrogen-bond donors (Lipinski definition) is 22. The molecule has 0 aromatic rings. The van der Waals surface area contributed by atoms with Crippen LogP contribution in [0, 0.1) is 0 Å². The number of carbonyl (C=O) groups excluding carboxylic acids is 2. The van der Waals surface area contributed by atoms with E-state index in [1.54, 1.807) is 0 Å². The van der Waals surface area contributed by atoms with Gasteiger partial charge < -0.3 is 174 Å². The van der Waals surface area contributed by atoms with Gasteiger partial charge in [-0.1, -0.05) is 0 Å². The molecular weight excluding hydrogens is 1140 g/mol. The predicted octanol–water partition coefficient (Wildman–Crippen LogP) is -15.0. The molecular formula is C46H78N2O35. The van der Waals surface area contributed by atoms with E-state index in [9.17, 15) is 112 Å². The van der Waals surface area contributed by atoms with E-state index >= 15 is 0 Å². The lowest BCUT2D eigenvalue weighted by molar-refractivity contribution is -0.385. The van der Waals surface area contributed by atoms with Gasteiger partial charge in [-0.2, -0.15) is 0 Å². The van der Waals surface area contributed by atoms with Gasteiger partial charge in [-0.3, -0.25) is 9.59 Å². The maximum atomic E-state index is 13.1. The van der Waals surface area contributed by atoms with Crippen molar-refractivity contribution < 1.29 is 173 Å². The third-order valence-electron chi connectivity index (χ3n) is 15.3. The Balaban J connectivity index is 1.21. The van der Waals surface area contributed by atoms with Crippen molar-refractivity contribution in [1.82, 2.24) is 10.6 Å². The molecule has 7 heterocycles. The van der Waals surface area contributed by atoms with Crippen LogP contribution in [0.5, 0.6) is 0 Å². The SMILES string of the molecule is CC(=O)N[C@H]1[C@H](O[C@H]2[C@@H](O)[C@@H](CO[C@@H]3O[C@H](CO)[C@@H](O[C@@H]4O[C@H](CO)[C@H](O)[C@H](O)[C@H]4O)[C@H](O[C@@H]4O[C@@H](C)[C@@H](O)[C@@H](O)[C@@H]4O)[C@H]3NC(C)=O)O[C@@H](O[C@H]3[C@H](O)[C@@H](O)C(O)O[C@@H]3CO)[C@@H]2O)O[C@H](CO[C@@H]2O[C@H](CO)[C@H](O)[C@H](O)[C@H]2O)[C@@H](O)[C@@H]1O. The smallest absolute Gasteiger partial charge is 0.217 e. The molecule has 0 bridgehead atoms. The zero-order valence-corrected chi connectivity index (χ0v) is 44.5. The average Bonchev–Trinajstić information content (AvgIpc) is 2.67. The topological polar surface area (TPSA) is 583 Å². The number of aliphatic hydroxyl groups is 20. The van der Waals surface area contributed by atoms with Crippen LogP contribution in [0.2, 0.25) is 0 Å². The first-order valence-electron chi connectivity index (χ1n) is 26.5. The summed E-state index contributed by atoms with van der Waals surface area (Å²) >= 11 is 0. The van der Waals surface area contributed by atoms with E-state index in [2.05, 4.69) is 10.6 Å². The number of carbonyl (C=O) groups is 2. The Morgan fingerprint density at radius 1 is 0.337 bits per heavy atom. The second kappa shape index (κ2) is 29.3. The molecule has 7 saturated heterocycles. The van der Waals surface area contributed by atoms with Crippen molar-refractivity contribution in [3.63, 3.8) is 0 Å². The second-order valence-electron chi connectivity index (χ2n) is 21.1. The molecule has 7 rings (SSSR count). The molecule has 7 aliphatic heterocycles. The molecule has 35 atom stereocenters. The molecule has 0 saturated carbocycles. The molecule has 37 nitrogen and oxygen atoms in total. The summed E-state index contributed by atoms with van der Waals surface area (Å²) < 4.78 is 75.6. The molecule has 0 spiro atoms. The molecule has 1 unspecified atom stereocenters. The fourth-order valence-electron chi connectivity index (χ4n) is 10.5. The molecule has 37 heteroatoms. The van der Waals surface area contributed by atoms with Gasteiger partial charge >= 0.3 is 0 Å². The number of aliphatic hydroxyl groups excluding tert-OH is 20. The van der Waals surface area contributed by atoms with Crippen LogP contribution in [0.1, 0.15) is 20.8 Å². The molecule has 22 N–H and O–H groups in total. The zero-order valence-electron chi connectivity index (χ0n) is 44.5. The van der Waals surface area contributed by atoms with E-state index in [0.29, 0.717) is 0 Å². The van der Waals surface area contributed by atoms with E-state index in [1.165, 1.54) is 6.92 Å². The lowest BCUT2D eigenvalue weighted by Crippen LogP contribution is -2.70. The molecule has 0 aromatic carbocycles. The highest BCUT2D eigenvalue weighted by molar-refractivity contribution is 5.73. The molecule has 0 radical (unpaired) electrons. The quantitative estimate of drug-likeness (QED) is 0.0538. The maximum Gasteiger partial charge on any atom is 0.217 e. The fraction of sp³-hybridized carbons (Fsp3) is 0.957. The number of rotatable bonds is 20. The van der Waals surface area contributed by atoms with E-state index in [1.807, 2.05) is 0 Å². The molecule has 7 aliphatic rings.